The largest absolute Gasteiger partial charge is 0.397 e. The molecule has 0 amide bonds. The summed E-state index contributed by atoms with van der Waals surface area (Å²) in [5.74, 6) is 0. The van der Waals surface area contributed by atoms with Gasteiger partial charge in [-0.3, -0.25) is 0 Å². The van der Waals surface area contributed by atoms with E-state index in [0.717, 1.165) is 23.1 Å². The van der Waals surface area contributed by atoms with Gasteiger partial charge in [-0.25, -0.2) is 4.98 Å². The molecule has 2 nitrogen and oxygen atoms in total. The Morgan fingerprint density at radius 3 is 3.09 bits per heavy atom. The topological polar surface area (TPSA) is 38.9 Å². The van der Waals surface area contributed by atoms with E-state index in [4.69, 9.17) is 5.73 Å². The Labute approximate surface area is 73.9 Å². The molecule has 0 bridgehead atoms. The number of pyridine rings is 1. The fourth-order valence-electron chi connectivity index (χ4n) is 1.46. The molecule has 1 aliphatic rings. The number of nitrogens with zero attached hydrogens (tertiary/aromatic N) is 1. The van der Waals surface area contributed by atoms with Gasteiger partial charge in [0.2, 0.25) is 0 Å². The summed E-state index contributed by atoms with van der Waals surface area (Å²) < 4.78 is 0.790. The Kier molecular flexibility index (Phi) is 1.60. The fraction of sp³-hybridized carbons (Fsp3) is 0.375. The van der Waals surface area contributed by atoms with Gasteiger partial charge in [0.15, 0.2) is 0 Å². The van der Waals surface area contributed by atoms with Crippen LogP contribution < -0.4 is 5.73 Å². The van der Waals surface area contributed by atoms with Crippen molar-refractivity contribution in [2.75, 3.05) is 5.73 Å². The second-order valence-corrected chi connectivity index (χ2v) is 3.58. The van der Waals surface area contributed by atoms with Crippen molar-refractivity contribution in [2.24, 2.45) is 0 Å². The van der Waals surface area contributed by atoms with Gasteiger partial charge >= 0.3 is 0 Å². The Morgan fingerprint density at radius 1 is 1.45 bits per heavy atom. The molecule has 0 aliphatic heterocycles. The van der Waals surface area contributed by atoms with Crippen LogP contribution in [0, 0.1) is 0 Å². The maximum absolute atomic E-state index is 5.68. The quantitative estimate of drug-likeness (QED) is 0.668. The first-order valence-corrected chi connectivity index (χ1v) is 4.50. The summed E-state index contributed by atoms with van der Waals surface area (Å²) in [6.45, 7) is 0. The van der Waals surface area contributed by atoms with Gasteiger partial charge in [-0.1, -0.05) is 0 Å². The number of aromatic nitrogens is 1. The molecule has 0 saturated heterocycles. The average Bonchev–Trinajstić information content (AvgIpc) is 2.36. The van der Waals surface area contributed by atoms with Crippen LogP contribution in [0.2, 0.25) is 0 Å². The molecule has 3 heteroatoms. The Morgan fingerprint density at radius 2 is 2.27 bits per heavy atom. The second-order valence-electron chi connectivity index (χ2n) is 2.83. The molecule has 2 N–H and O–H groups in total. The fourth-order valence-corrected chi connectivity index (χ4v) is 1.79. The maximum atomic E-state index is 5.68. The van der Waals surface area contributed by atoms with Gasteiger partial charge in [0.25, 0.3) is 0 Å². The third kappa shape index (κ3) is 1.13. The zero-order valence-corrected chi connectivity index (χ0v) is 7.69. The summed E-state index contributed by atoms with van der Waals surface area (Å²) in [6, 6.07) is 2.03. The number of anilines is 1. The van der Waals surface area contributed by atoms with Crippen LogP contribution >= 0.6 is 15.9 Å². The molecule has 0 fully saturated rings. The van der Waals surface area contributed by atoms with Crippen molar-refractivity contribution in [2.45, 2.75) is 19.3 Å². The van der Waals surface area contributed by atoms with Crippen molar-refractivity contribution >= 4 is 21.6 Å². The molecule has 0 radical (unpaired) electrons. The van der Waals surface area contributed by atoms with Crippen molar-refractivity contribution in [3.05, 3.63) is 21.9 Å². The minimum absolute atomic E-state index is 0.755. The van der Waals surface area contributed by atoms with Crippen LogP contribution in [0.1, 0.15) is 17.7 Å². The number of aryl methyl sites for hydroxylation is 2. The van der Waals surface area contributed by atoms with Crippen LogP contribution in [0.25, 0.3) is 0 Å². The summed E-state index contributed by atoms with van der Waals surface area (Å²) >= 11 is 3.31. The van der Waals surface area contributed by atoms with Gasteiger partial charge < -0.3 is 5.73 Å². The summed E-state index contributed by atoms with van der Waals surface area (Å²) in [7, 11) is 0. The van der Waals surface area contributed by atoms with Crippen molar-refractivity contribution in [3.63, 3.8) is 0 Å². The highest BCUT2D eigenvalue weighted by molar-refractivity contribution is 9.10. The summed E-state index contributed by atoms with van der Waals surface area (Å²) in [6.07, 6.45) is 3.46. The van der Waals surface area contributed by atoms with Crippen LogP contribution in [0.15, 0.2) is 10.7 Å². The zero-order chi connectivity index (χ0) is 7.84. The third-order valence-electron chi connectivity index (χ3n) is 2.03. The van der Waals surface area contributed by atoms with E-state index >= 15 is 0 Å². The van der Waals surface area contributed by atoms with Crippen molar-refractivity contribution in [3.8, 4) is 0 Å². The predicted octanol–water partition coefficient (Wildman–Crippen LogP) is 1.92. The molecule has 2 rings (SSSR count). The van der Waals surface area contributed by atoms with Crippen molar-refractivity contribution in [1.29, 1.82) is 0 Å². The third-order valence-corrected chi connectivity index (χ3v) is 2.67. The molecule has 1 aliphatic carbocycles. The molecule has 0 atom stereocenters. The first-order valence-electron chi connectivity index (χ1n) is 3.71. The SMILES string of the molecule is Nc1cc2c(nc1Br)CCC2. The van der Waals surface area contributed by atoms with Crippen LogP contribution in [-0.2, 0) is 12.8 Å². The van der Waals surface area contributed by atoms with E-state index in [2.05, 4.69) is 20.9 Å². The zero-order valence-electron chi connectivity index (χ0n) is 6.10. The Hall–Kier alpha value is -0.570. The number of rotatable bonds is 0. The first-order chi connectivity index (χ1) is 5.27. The van der Waals surface area contributed by atoms with Gasteiger partial charge in [-0.2, -0.15) is 0 Å². The molecule has 1 aromatic rings. The molecule has 0 spiro atoms. The lowest BCUT2D eigenvalue weighted by atomic mass is 10.2. The Bertz CT molecular complexity index is 267. The number of hydrogen-bond donors (Lipinski definition) is 1. The summed E-state index contributed by atoms with van der Waals surface area (Å²) in [5.41, 5.74) is 8.98. The monoisotopic (exact) mass is 212 g/mol. The van der Waals surface area contributed by atoms with E-state index in [9.17, 15) is 0 Å². The number of halogens is 1. The molecular formula is C8H9BrN2. The lowest BCUT2D eigenvalue weighted by Gasteiger charge is -2.01. The Balaban J connectivity index is 2.57. The van der Waals surface area contributed by atoms with Crippen LogP contribution in [0.3, 0.4) is 0 Å². The van der Waals surface area contributed by atoms with Gasteiger partial charge in [-0.15, -0.1) is 0 Å². The average molecular weight is 213 g/mol. The molecule has 11 heavy (non-hydrogen) atoms. The highest BCUT2D eigenvalue weighted by atomic mass is 79.9. The number of fused-ring (bicyclic) bond motifs is 1. The van der Waals surface area contributed by atoms with E-state index in [1.807, 2.05) is 6.07 Å². The van der Waals surface area contributed by atoms with E-state index in [1.54, 1.807) is 0 Å². The van der Waals surface area contributed by atoms with Crippen LogP contribution in [-0.4, -0.2) is 4.98 Å². The lowest BCUT2D eigenvalue weighted by molar-refractivity contribution is 0.898. The van der Waals surface area contributed by atoms with Gasteiger partial charge in [0, 0.05) is 5.69 Å². The standard InChI is InChI=1S/C8H9BrN2/c9-8-6(10)4-5-2-1-3-7(5)11-8/h4H,1-3,10H2. The first kappa shape index (κ1) is 7.10. The van der Waals surface area contributed by atoms with Gasteiger partial charge in [0.05, 0.1) is 5.69 Å². The number of nitrogens with two attached hydrogens (primary N) is 1. The summed E-state index contributed by atoms with van der Waals surface area (Å²) in [4.78, 5) is 4.34. The smallest absolute Gasteiger partial charge is 0.129 e. The van der Waals surface area contributed by atoms with Crippen molar-refractivity contribution in [1.82, 2.24) is 4.98 Å². The minimum Gasteiger partial charge on any atom is -0.397 e. The molecule has 1 heterocycles. The number of hydrogen-bond acceptors (Lipinski definition) is 2. The second kappa shape index (κ2) is 2.48. The van der Waals surface area contributed by atoms with E-state index in [0.29, 0.717) is 0 Å². The molecule has 0 unspecified atom stereocenters. The normalized spacial score (nSPS) is 15.0. The van der Waals surface area contributed by atoms with Gasteiger partial charge in [-0.05, 0) is 46.8 Å². The number of nitrogen functional groups attached to an aromatic ring is 1. The highest BCUT2D eigenvalue weighted by Crippen LogP contribution is 2.26. The lowest BCUT2D eigenvalue weighted by Crippen LogP contribution is -1.94. The molecule has 58 valence electrons. The molecule has 0 aromatic carbocycles. The molecular weight excluding hydrogens is 204 g/mol. The van der Waals surface area contributed by atoms with E-state index in [-0.39, 0.29) is 0 Å². The van der Waals surface area contributed by atoms with E-state index in [1.165, 1.54) is 17.7 Å². The highest BCUT2D eigenvalue weighted by Gasteiger charge is 2.13. The van der Waals surface area contributed by atoms with E-state index < -0.39 is 0 Å². The van der Waals surface area contributed by atoms with Crippen molar-refractivity contribution < 1.29 is 0 Å². The minimum atomic E-state index is 0.755. The van der Waals surface area contributed by atoms with Crippen LogP contribution in [0.5, 0.6) is 0 Å². The maximum Gasteiger partial charge on any atom is 0.129 e. The summed E-state index contributed by atoms with van der Waals surface area (Å²) in [5, 5.41) is 0. The van der Waals surface area contributed by atoms with Gasteiger partial charge in [0.1, 0.15) is 4.60 Å². The molecule has 1 aromatic heterocycles. The molecule has 0 saturated carbocycles. The van der Waals surface area contributed by atoms with Crippen LogP contribution in [0.4, 0.5) is 5.69 Å². The predicted molar refractivity (Wildman–Crippen MR) is 48.4 cm³/mol.